The Labute approximate surface area is 113 Å². The normalized spacial score (nSPS) is 12.6. The molecular weight excluding hydrogens is 246 g/mol. The molecule has 1 aromatic heterocycles. The highest BCUT2D eigenvalue weighted by Gasteiger charge is 2.07. The minimum atomic E-state index is -0.834. The summed E-state index contributed by atoms with van der Waals surface area (Å²) in [6.07, 6.45) is 6.36. The van der Waals surface area contributed by atoms with Gasteiger partial charge in [0.2, 0.25) is 0 Å². The number of thiophene rings is 1. The Bertz CT molecular complexity index is 362. The van der Waals surface area contributed by atoms with Gasteiger partial charge in [-0.1, -0.05) is 32.6 Å². The lowest BCUT2D eigenvalue weighted by Gasteiger charge is -2.12. The first-order chi connectivity index (χ1) is 8.63. The standard InChI is InChI=1S/C14H23NO2S/c1-3-4-5-6-7-11(2)15-10-12-8-9-13(18-12)14(16)17/h8-9,11,15H,3-7,10H2,1-2H3,(H,16,17). The van der Waals surface area contributed by atoms with Gasteiger partial charge in [0.05, 0.1) is 0 Å². The van der Waals surface area contributed by atoms with E-state index in [-0.39, 0.29) is 0 Å². The minimum Gasteiger partial charge on any atom is -0.477 e. The van der Waals surface area contributed by atoms with Crippen molar-refractivity contribution in [2.24, 2.45) is 0 Å². The number of carboxylic acid groups (broad SMARTS) is 1. The fraction of sp³-hybridized carbons (Fsp3) is 0.643. The Morgan fingerprint density at radius 3 is 2.78 bits per heavy atom. The van der Waals surface area contributed by atoms with Gasteiger partial charge in [-0.25, -0.2) is 4.79 Å². The molecule has 2 N–H and O–H groups in total. The summed E-state index contributed by atoms with van der Waals surface area (Å²) in [5, 5.41) is 12.3. The second-order valence-electron chi connectivity index (χ2n) is 4.70. The lowest BCUT2D eigenvalue weighted by atomic mass is 10.1. The Hall–Kier alpha value is -0.870. The molecule has 0 saturated heterocycles. The molecule has 0 amide bonds. The van der Waals surface area contributed by atoms with Gasteiger partial charge in [-0.05, 0) is 25.5 Å². The lowest BCUT2D eigenvalue weighted by molar-refractivity contribution is 0.0702. The molecule has 102 valence electrons. The molecule has 1 unspecified atom stereocenters. The van der Waals surface area contributed by atoms with Crippen molar-refractivity contribution in [1.29, 1.82) is 0 Å². The Balaban J connectivity index is 2.20. The molecule has 1 heterocycles. The van der Waals surface area contributed by atoms with Gasteiger partial charge in [-0.3, -0.25) is 0 Å². The maximum atomic E-state index is 10.7. The average molecular weight is 269 g/mol. The van der Waals surface area contributed by atoms with Gasteiger partial charge in [0.25, 0.3) is 0 Å². The maximum absolute atomic E-state index is 10.7. The fourth-order valence-electron chi connectivity index (χ4n) is 1.84. The number of rotatable bonds is 9. The molecule has 0 aliphatic rings. The fourth-order valence-corrected chi connectivity index (χ4v) is 2.64. The van der Waals surface area contributed by atoms with Crippen molar-refractivity contribution < 1.29 is 9.90 Å². The summed E-state index contributed by atoms with van der Waals surface area (Å²) in [6.45, 7) is 5.18. The van der Waals surface area contributed by atoms with Crippen LogP contribution in [0.1, 0.15) is 60.5 Å². The average Bonchev–Trinajstić information content (AvgIpc) is 2.81. The number of nitrogens with one attached hydrogen (secondary N) is 1. The van der Waals surface area contributed by atoms with Crippen LogP contribution in [0.25, 0.3) is 0 Å². The topological polar surface area (TPSA) is 49.3 Å². The van der Waals surface area contributed by atoms with Crippen molar-refractivity contribution in [2.45, 2.75) is 58.5 Å². The second kappa shape index (κ2) is 8.27. The largest absolute Gasteiger partial charge is 0.477 e. The SMILES string of the molecule is CCCCCCC(C)NCc1ccc(C(=O)O)s1. The minimum absolute atomic E-state index is 0.419. The summed E-state index contributed by atoms with van der Waals surface area (Å²) in [5.41, 5.74) is 0. The van der Waals surface area contributed by atoms with Crippen LogP contribution in [-0.2, 0) is 6.54 Å². The molecule has 0 aliphatic carbocycles. The molecule has 0 fully saturated rings. The predicted molar refractivity (Wildman–Crippen MR) is 76.3 cm³/mol. The number of carboxylic acids is 1. The van der Waals surface area contributed by atoms with E-state index in [0.29, 0.717) is 10.9 Å². The monoisotopic (exact) mass is 269 g/mol. The first kappa shape index (κ1) is 15.2. The van der Waals surface area contributed by atoms with Crippen molar-refractivity contribution in [1.82, 2.24) is 5.32 Å². The molecule has 0 aromatic carbocycles. The lowest BCUT2D eigenvalue weighted by Crippen LogP contribution is -2.24. The summed E-state index contributed by atoms with van der Waals surface area (Å²) in [4.78, 5) is 12.3. The maximum Gasteiger partial charge on any atom is 0.345 e. The summed E-state index contributed by atoms with van der Waals surface area (Å²) in [5.74, 6) is -0.834. The van der Waals surface area contributed by atoms with E-state index in [4.69, 9.17) is 5.11 Å². The van der Waals surface area contributed by atoms with Gasteiger partial charge >= 0.3 is 5.97 Å². The van der Waals surface area contributed by atoms with Crippen molar-refractivity contribution in [3.63, 3.8) is 0 Å². The first-order valence-electron chi connectivity index (χ1n) is 6.69. The van der Waals surface area contributed by atoms with Crippen LogP contribution >= 0.6 is 11.3 Å². The third-order valence-corrected chi connectivity index (χ3v) is 4.06. The Morgan fingerprint density at radius 1 is 1.39 bits per heavy atom. The van der Waals surface area contributed by atoms with Crippen molar-refractivity contribution in [3.05, 3.63) is 21.9 Å². The second-order valence-corrected chi connectivity index (χ2v) is 5.87. The van der Waals surface area contributed by atoms with E-state index in [1.54, 1.807) is 6.07 Å². The van der Waals surface area contributed by atoms with Crippen LogP contribution in [0.3, 0.4) is 0 Å². The van der Waals surface area contributed by atoms with Gasteiger partial charge < -0.3 is 10.4 Å². The van der Waals surface area contributed by atoms with Crippen LogP contribution in [0.2, 0.25) is 0 Å². The number of hydrogen-bond donors (Lipinski definition) is 2. The van der Waals surface area contributed by atoms with E-state index in [1.165, 1.54) is 43.4 Å². The quantitative estimate of drug-likeness (QED) is 0.669. The molecular formula is C14H23NO2S. The smallest absolute Gasteiger partial charge is 0.345 e. The molecule has 0 saturated carbocycles. The van der Waals surface area contributed by atoms with Crippen LogP contribution in [0.5, 0.6) is 0 Å². The van der Waals surface area contributed by atoms with Crippen LogP contribution in [-0.4, -0.2) is 17.1 Å². The highest BCUT2D eigenvalue weighted by Crippen LogP contribution is 2.16. The first-order valence-corrected chi connectivity index (χ1v) is 7.50. The van der Waals surface area contributed by atoms with Crippen LogP contribution < -0.4 is 5.32 Å². The van der Waals surface area contributed by atoms with E-state index < -0.39 is 5.97 Å². The zero-order valence-corrected chi connectivity index (χ0v) is 12.1. The van der Waals surface area contributed by atoms with Gasteiger partial charge in [0, 0.05) is 17.5 Å². The van der Waals surface area contributed by atoms with Crippen LogP contribution in [0, 0.1) is 0 Å². The highest BCUT2D eigenvalue weighted by atomic mass is 32.1. The summed E-state index contributed by atoms with van der Waals surface area (Å²) in [7, 11) is 0. The van der Waals surface area contributed by atoms with Crippen LogP contribution in [0.15, 0.2) is 12.1 Å². The number of carbonyl (C=O) groups is 1. The summed E-state index contributed by atoms with van der Waals surface area (Å²) >= 11 is 1.35. The van der Waals surface area contributed by atoms with Gasteiger partial charge in [0.15, 0.2) is 0 Å². The van der Waals surface area contributed by atoms with Crippen LogP contribution in [0.4, 0.5) is 0 Å². The third kappa shape index (κ3) is 5.65. The van der Waals surface area contributed by atoms with Crippen molar-refractivity contribution in [3.8, 4) is 0 Å². The molecule has 18 heavy (non-hydrogen) atoms. The molecule has 0 bridgehead atoms. The van der Waals surface area contributed by atoms with E-state index >= 15 is 0 Å². The van der Waals surface area contributed by atoms with E-state index in [9.17, 15) is 4.79 Å². The number of aromatic carboxylic acids is 1. The molecule has 0 spiro atoms. The van der Waals surface area contributed by atoms with E-state index in [1.807, 2.05) is 6.07 Å². The third-order valence-electron chi connectivity index (χ3n) is 2.99. The molecule has 0 aliphatic heterocycles. The van der Waals surface area contributed by atoms with Crippen molar-refractivity contribution in [2.75, 3.05) is 0 Å². The molecule has 4 heteroatoms. The number of hydrogen-bond acceptors (Lipinski definition) is 3. The molecule has 0 radical (unpaired) electrons. The van der Waals surface area contributed by atoms with E-state index in [2.05, 4.69) is 19.2 Å². The van der Waals surface area contributed by atoms with E-state index in [0.717, 1.165) is 11.4 Å². The molecule has 3 nitrogen and oxygen atoms in total. The highest BCUT2D eigenvalue weighted by molar-refractivity contribution is 7.13. The van der Waals surface area contributed by atoms with Gasteiger partial charge in [-0.2, -0.15) is 0 Å². The zero-order valence-electron chi connectivity index (χ0n) is 11.2. The number of unbranched alkanes of at least 4 members (excludes halogenated alkanes) is 3. The summed E-state index contributed by atoms with van der Waals surface area (Å²) in [6, 6.07) is 4.07. The Kier molecular flexibility index (Phi) is 6.98. The molecule has 1 atom stereocenters. The Morgan fingerprint density at radius 2 is 2.17 bits per heavy atom. The molecule has 1 aromatic rings. The summed E-state index contributed by atoms with van der Waals surface area (Å²) < 4.78 is 0. The predicted octanol–water partition coefficient (Wildman–Crippen LogP) is 3.89. The van der Waals surface area contributed by atoms with Gasteiger partial charge in [-0.15, -0.1) is 11.3 Å². The molecule has 1 rings (SSSR count). The zero-order chi connectivity index (χ0) is 13.4. The van der Waals surface area contributed by atoms with Crippen molar-refractivity contribution >= 4 is 17.3 Å². The van der Waals surface area contributed by atoms with Gasteiger partial charge in [0.1, 0.15) is 4.88 Å².